The average Bonchev–Trinajstić information content (AvgIpc) is 0.948. The maximum atomic E-state index is 8.62. The zero-order chi connectivity index (χ0) is 92.0. The van der Waals surface area contributed by atoms with Crippen LogP contribution in [-0.2, 0) is 90.0 Å². The number of nitrogens with zero attached hydrogens (tertiary/aromatic N) is 6. The quantitative estimate of drug-likeness (QED) is 0.115. The van der Waals surface area contributed by atoms with Crippen LogP contribution in [-0.4, -0.2) is 350 Å². The molecule has 0 bridgehead atoms. The molecule has 121 heavy (non-hydrogen) atoms. The summed E-state index contributed by atoms with van der Waals surface area (Å²) in [6, 6.07) is 0. The molecule has 3 saturated heterocycles. The summed E-state index contributed by atoms with van der Waals surface area (Å²) >= 11 is 0. The Hall–Kier alpha value is 6.50. The zero-order valence-corrected chi connectivity index (χ0v) is 107. The summed E-state index contributed by atoms with van der Waals surface area (Å²) in [4.78, 5) is 0. The summed E-state index contributed by atoms with van der Waals surface area (Å²) < 4.78 is 130. The Labute approximate surface area is 903 Å². The fourth-order valence-corrected chi connectivity index (χ4v) is 58.5. The Balaban J connectivity index is -0.000000110. The molecule has 3 fully saturated rings. The first-order valence-electron chi connectivity index (χ1n) is 42.7. The van der Waals surface area contributed by atoms with E-state index in [4.69, 9.17) is 128 Å². The first-order chi connectivity index (χ1) is 53.6. The van der Waals surface area contributed by atoms with Crippen LogP contribution >= 0.6 is 0 Å². The summed E-state index contributed by atoms with van der Waals surface area (Å²) in [6.45, 7) is 109. The van der Waals surface area contributed by atoms with E-state index in [1.165, 1.54) is 0 Å². The van der Waals surface area contributed by atoms with Crippen LogP contribution in [0, 0.1) is 86.0 Å². The Morgan fingerprint density at radius 2 is 0.231 bits per heavy atom. The van der Waals surface area contributed by atoms with E-state index in [2.05, 4.69) is 236 Å². The second-order valence-electron chi connectivity index (χ2n) is 38.7. The van der Waals surface area contributed by atoms with E-state index in [9.17, 15) is 0 Å². The normalized spacial score (nSPS) is 17.4. The van der Waals surface area contributed by atoms with Gasteiger partial charge in [0, 0.05) is 13.2 Å². The third-order valence-corrected chi connectivity index (χ3v) is 43.4. The second kappa shape index (κ2) is 96.8. The standard InChI is InChI=1S/3C12H24O6.6C6H18NSi2.C4H10O.C2H2O2.2K.2Lu/c3*1-2-14-5-6-16-9-10-18-12-11-17-8-7-15-4-3-13-1;6*1-8(2,3)7-9(4,5)6;1-3-5-4-2;3-1-2-4;;;;/h3*1-12H2;6*1-6H3;3-4H2,1-2H3;3-4H;;;;/q;;;6*-1;;;2*+1;2*+3/p-2. The van der Waals surface area contributed by atoms with Crippen LogP contribution in [0.1, 0.15) is 13.8 Å². The molecule has 738 valence electrons. The molecule has 0 aliphatic carbocycles. The monoisotopic (exact) mass is 2310 g/mol. The number of rotatable bonds is 14. The predicted molar refractivity (Wildman–Crippen MR) is 525 cm³/mol. The molecule has 27 nitrogen and oxygen atoms in total. The fraction of sp³-hybridized carbons (Fsp3) is 0.974. The van der Waals surface area contributed by atoms with Crippen LogP contribution in [0.15, 0.2) is 0 Å². The maximum Gasteiger partial charge on any atom is 3.00 e. The Bertz CT molecular complexity index is 1540. The van der Waals surface area contributed by atoms with E-state index in [1.54, 1.807) is 0 Å². The van der Waals surface area contributed by atoms with Gasteiger partial charge in [-0.3, -0.25) is 0 Å². The molecule has 3 aliphatic rings. The van der Waals surface area contributed by atoms with E-state index in [0.29, 0.717) is 238 Å². The Morgan fingerprint density at radius 1 is 0.174 bits per heavy atom. The van der Waals surface area contributed by atoms with Gasteiger partial charge in [0.15, 0.2) is 0 Å². The molecule has 0 saturated carbocycles. The van der Waals surface area contributed by atoms with Gasteiger partial charge in [-0.05, 0) is 13.8 Å². The van der Waals surface area contributed by atoms with E-state index < -0.39 is 98.8 Å². The molecular formula is C78H190K2Lu2N6O21Si12. The van der Waals surface area contributed by atoms with Crippen molar-refractivity contribution in [2.24, 2.45) is 0 Å². The smallest absolute Gasteiger partial charge is 0.833 e. The van der Waals surface area contributed by atoms with Crippen molar-refractivity contribution in [3.8, 4) is 12.2 Å². The van der Waals surface area contributed by atoms with Crippen LogP contribution in [0.25, 0.3) is 27.9 Å². The molecule has 3 aliphatic heterocycles. The summed E-state index contributed by atoms with van der Waals surface area (Å²) in [5.41, 5.74) is 0. The van der Waals surface area contributed by atoms with Gasteiger partial charge in [-0.25, -0.2) is 0 Å². The average molecular weight is 2310 g/mol. The minimum absolute atomic E-state index is 0. The van der Waals surface area contributed by atoms with Crippen molar-refractivity contribution in [3.63, 3.8) is 0 Å². The number of hydrogen-bond acceptors (Lipinski definition) is 21. The zero-order valence-electron chi connectivity index (χ0n) is 85.6. The van der Waals surface area contributed by atoms with Gasteiger partial charge in [-0.1, -0.05) is 335 Å². The van der Waals surface area contributed by atoms with Crippen LogP contribution in [0.4, 0.5) is 0 Å². The molecular weight excluding hydrogens is 2120 g/mol. The van der Waals surface area contributed by atoms with Gasteiger partial charge in [-0.15, -0.1) is 0 Å². The first-order valence-corrected chi connectivity index (χ1v) is 84.1. The molecule has 0 unspecified atom stereocenters. The van der Waals surface area contributed by atoms with Gasteiger partial charge in [0.25, 0.3) is 0 Å². The van der Waals surface area contributed by atoms with E-state index in [1.807, 2.05) is 13.8 Å². The molecule has 3 rings (SSSR count). The molecule has 0 N–H and O–H groups in total. The van der Waals surface area contributed by atoms with Gasteiger partial charge in [0.05, 0.1) is 238 Å². The molecule has 0 amide bonds. The van der Waals surface area contributed by atoms with E-state index in [-0.39, 0.29) is 177 Å². The van der Waals surface area contributed by atoms with Crippen LogP contribution in [0.2, 0.25) is 236 Å². The first kappa shape index (κ1) is 153. The Morgan fingerprint density at radius 3 is 0.248 bits per heavy atom. The number of ether oxygens (including phenoxy) is 19. The van der Waals surface area contributed by atoms with Crippen LogP contribution in [0.3, 0.4) is 0 Å². The van der Waals surface area contributed by atoms with Crippen molar-refractivity contribution in [2.45, 2.75) is 250 Å². The van der Waals surface area contributed by atoms with Crippen molar-refractivity contribution in [1.29, 1.82) is 0 Å². The minimum Gasteiger partial charge on any atom is -0.833 e. The fourth-order valence-electron chi connectivity index (χ4n) is 10.2. The summed E-state index contributed by atoms with van der Waals surface area (Å²) in [5, 5.41) is 17.2. The van der Waals surface area contributed by atoms with Crippen LogP contribution in [0.5, 0.6) is 0 Å². The molecule has 3 heterocycles. The van der Waals surface area contributed by atoms with Crippen molar-refractivity contribution in [1.82, 2.24) is 0 Å². The largest absolute Gasteiger partial charge is 3.00 e. The topological polar surface area (TPSA) is 306 Å². The van der Waals surface area contributed by atoms with Crippen molar-refractivity contribution in [3.05, 3.63) is 27.9 Å². The molecule has 0 aromatic carbocycles. The van der Waals surface area contributed by atoms with Crippen molar-refractivity contribution >= 4 is 98.8 Å². The third kappa shape index (κ3) is 198. The van der Waals surface area contributed by atoms with Gasteiger partial charge in [0.1, 0.15) is 0 Å². The predicted octanol–water partition coefficient (Wildman–Crippen LogP) is 11.2. The molecule has 0 aromatic heterocycles. The molecule has 0 radical (unpaired) electrons. The molecule has 0 spiro atoms. The number of hydrogen-bond donors (Lipinski definition) is 0. The summed E-state index contributed by atoms with van der Waals surface area (Å²) in [5.74, 6) is 0. The summed E-state index contributed by atoms with van der Waals surface area (Å²) in [6.07, 6.45) is 1.75. The second-order valence-corrected chi connectivity index (χ2v) is 96.2. The van der Waals surface area contributed by atoms with Crippen molar-refractivity contribution < 1.29 is 277 Å². The van der Waals surface area contributed by atoms with Crippen LogP contribution < -0.4 is 113 Å². The van der Waals surface area contributed by atoms with Gasteiger partial charge < -0.3 is 128 Å². The van der Waals surface area contributed by atoms with E-state index >= 15 is 0 Å². The molecule has 43 heteroatoms. The maximum absolute atomic E-state index is 8.62. The van der Waals surface area contributed by atoms with E-state index in [0.717, 1.165) is 25.4 Å². The third-order valence-electron chi connectivity index (χ3n) is 11.2. The minimum atomic E-state index is -1.11. The molecule has 0 aromatic rings. The molecule has 0 atom stereocenters. The van der Waals surface area contributed by atoms with Gasteiger partial charge in [-0.2, -0.15) is 12.2 Å². The van der Waals surface area contributed by atoms with Gasteiger partial charge in [0.2, 0.25) is 0 Å². The summed E-state index contributed by atoms with van der Waals surface area (Å²) in [7, 11) is -13.3. The SMILES string of the molecule is C1COCCOCCOCCOCCOCCO1.C1COCCOCCOCCOCCOCCO1.C1COCCOCCOCCOCCOCCO1.CCOCC.C[Si](C)(C)[N-][Si](C)(C)C.C[Si](C)(C)[N-][Si](C)(C)C.C[Si](C)(C)[N-][Si](C)(C)C.C[Si](C)(C)[N-][Si](C)(C)C.C[Si](C)(C)[N-][Si](C)(C)C.C[Si](C)(C)[N-][Si](C)(C)C.[K+].[K+].[Lu+3].[Lu+3].[O-]C#C[O-]. The van der Waals surface area contributed by atoms with Crippen molar-refractivity contribution in [2.75, 3.05) is 251 Å². The Kier molecular flexibility index (Phi) is 122. The van der Waals surface area contributed by atoms with Gasteiger partial charge >= 0.3 is 177 Å².